The lowest BCUT2D eigenvalue weighted by Crippen LogP contribution is -2.14. The Morgan fingerprint density at radius 2 is 2.24 bits per heavy atom. The highest BCUT2D eigenvalue weighted by Crippen LogP contribution is 2.35. The van der Waals surface area contributed by atoms with Crippen LogP contribution in [0, 0.1) is 0 Å². The highest BCUT2D eigenvalue weighted by molar-refractivity contribution is 5.52. The summed E-state index contributed by atoms with van der Waals surface area (Å²) in [7, 11) is 1.71. The minimum absolute atomic E-state index is 0.0449. The van der Waals surface area contributed by atoms with E-state index in [2.05, 4.69) is 10.1 Å². The lowest BCUT2D eigenvalue weighted by molar-refractivity contribution is 0.292. The molecule has 17 heavy (non-hydrogen) atoms. The fraction of sp³-hybridized carbons (Fsp3) is 0.417. The molecular weight excluding hydrogens is 218 g/mol. The van der Waals surface area contributed by atoms with Gasteiger partial charge >= 0.3 is 0 Å². The molecule has 5 nitrogen and oxygen atoms in total. The predicted octanol–water partition coefficient (Wildman–Crippen LogP) is 1.70. The van der Waals surface area contributed by atoms with E-state index in [1.165, 1.54) is 17.1 Å². The Labute approximate surface area is 98.1 Å². The Hall–Kier alpha value is -1.91. The third-order valence-corrected chi connectivity index (χ3v) is 3.24. The second kappa shape index (κ2) is 3.84. The smallest absolute Gasteiger partial charge is 0.250 e. The lowest BCUT2D eigenvalue weighted by Gasteiger charge is -2.20. The van der Waals surface area contributed by atoms with Crippen molar-refractivity contribution in [1.82, 2.24) is 14.7 Å². The van der Waals surface area contributed by atoms with Crippen LogP contribution in [0.15, 0.2) is 27.6 Å². The summed E-state index contributed by atoms with van der Waals surface area (Å²) in [4.78, 5) is 15.7. The van der Waals surface area contributed by atoms with E-state index in [1.807, 2.05) is 0 Å². The Kier molecular flexibility index (Phi) is 2.31. The van der Waals surface area contributed by atoms with Gasteiger partial charge < -0.3 is 9.09 Å². The van der Waals surface area contributed by atoms with Crippen LogP contribution in [0.5, 0.6) is 0 Å². The van der Waals surface area contributed by atoms with Gasteiger partial charge in [-0.2, -0.15) is 4.98 Å². The summed E-state index contributed by atoms with van der Waals surface area (Å²) in [5, 5.41) is 3.96. The predicted molar refractivity (Wildman–Crippen MR) is 61.6 cm³/mol. The molecule has 3 rings (SSSR count). The average Bonchev–Trinajstić information content (AvgIpc) is 2.69. The summed E-state index contributed by atoms with van der Waals surface area (Å²) in [6.45, 7) is 0. The molecule has 1 saturated carbocycles. The van der Waals surface area contributed by atoms with Crippen LogP contribution in [-0.4, -0.2) is 14.7 Å². The molecule has 5 heteroatoms. The molecule has 1 fully saturated rings. The maximum Gasteiger partial charge on any atom is 0.250 e. The zero-order chi connectivity index (χ0) is 11.8. The normalized spacial score (nSPS) is 15.8. The molecule has 1 aliphatic carbocycles. The fourth-order valence-electron chi connectivity index (χ4n) is 1.90. The van der Waals surface area contributed by atoms with Gasteiger partial charge in [0.25, 0.3) is 0 Å². The Bertz CT molecular complexity index is 596. The summed E-state index contributed by atoms with van der Waals surface area (Å²) in [6.07, 6.45) is 5.23. The molecule has 2 aromatic heterocycles. The van der Waals surface area contributed by atoms with Gasteiger partial charge in [-0.3, -0.25) is 4.79 Å². The largest absolute Gasteiger partial charge is 0.339 e. The van der Waals surface area contributed by atoms with Gasteiger partial charge in [0, 0.05) is 30.8 Å². The Morgan fingerprint density at radius 3 is 2.88 bits per heavy atom. The standard InChI is InChI=1S/C12H13N3O2/c1-15-7-9(5-6-10(15)16)11-13-12(17-14-11)8-3-2-4-8/h5-8H,2-4H2,1H3. The van der Waals surface area contributed by atoms with Gasteiger partial charge in [0.2, 0.25) is 17.3 Å². The first-order chi connectivity index (χ1) is 8.24. The molecule has 88 valence electrons. The van der Waals surface area contributed by atoms with Crippen LogP contribution in [-0.2, 0) is 7.05 Å². The lowest BCUT2D eigenvalue weighted by atomic mass is 9.85. The number of hydrogen-bond donors (Lipinski definition) is 0. The molecule has 0 N–H and O–H groups in total. The van der Waals surface area contributed by atoms with Crippen LogP contribution in [0.2, 0.25) is 0 Å². The van der Waals surface area contributed by atoms with Crippen molar-refractivity contribution in [2.45, 2.75) is 25.2 Å². The first-order valence-electron chi connectivity index (χ1n) is 5.75. The number of aromatic nitrogens is 3. The van der Waals surface area contributed by atoms with Gasteiger partial charge in [-0.1, -0.05) is 11.6 Å². The first kappa shape index (κ1) is 10.3. The van der Waals surface area contributed by atoms with Crippen molar-refractivity contribution in [3.8, 4) is 11.4 Å². The minimum Gasteiger partial charge on any atom is -0.339 e. The van der Waals surface area contributed by atoms with Crippen molar-refractivity contribution in [2.24, 2.45) is 7.05 Å². The van der Waals surface area contributed by atoms with E-state index in [-0.39, 0.29) is 5.56 Å². The molecule has 0 amide bonds. The molecule has 0 aliphatic heterocycles. The third-order valence-electron chi connectivity index (χ3n) is 3.24. The quantitative estimate of drug-likeness (QED) is 0.789. The highest BCUT2D eigenvalue weighted by atomic mass is 16.5. The molecule has 0 bridgehead atoms. The van der Waals surface area contributed by atoms with Crippen LogP contribution >= 0.6 is 0 Å². The van der Waals surface area contributed by atoms with E-state index in [4.69, 9.17) is 4.52 Å². The molecule has 0 atom stereocenters. The Morgan fingerprint density at radius 1 is 1.41 bits per heavy atom. The monoisotopic (exact) mass is 231 g/mol. The van der Waals surface area contributed by atoms with Gasteiger partial charge in [0.15, 0.2) is 0 Å². The third kappa shape index (κ3) is 1.77. The van der Waals surface area contributed by atoms with Crippen molar-refractivity contribution < 1.29 is 4.52 Å². The maximum absolute atomic E-state index is 11.3. The van der Waals surface area contributed by atoms with Crippen LogP contribution < -0.4 is 5.56 Å². The first-order valence-corrected chi connectivity index (χ1v) is 5.75. The molecule has 1 aliphatic rings. The molecule has 0 spiro atoms. The fourth-order valence-corrected chi connectivity index (χ4v) is 1.90. The van der Waals surface area contributed by atoms with E-state index in [1.54, 1.807) is 19.3 Å². The highest BCUT2D eigenvalue weighted by Gasteiger charge is 2.25. The van der Waals surface area contributed by atoms with Crippen molar-refractivity contribution in [1.29, 1.82) is 0 Å². The molecule has 2 heterocycles. The summed E-state index contributed by atoms with van der Waals surface area (Å²) < 4.78 is 6.75. The number of pyridine rings is 1. The molecule has 0 aromatic carbocycles. The van der Waals surface area contributed by atoms with Gasteiger partial charge in [0.05, 0.1) is 0 Å². The summed E-state index contributed by atoms with van der Waals surface area (Å²) in [6, 6.07) is 3.23. The number of rotatable bonds is 2. The maximum atomic E-state index is 11.3. The molecule has 0 radical (unpaired) electrons. The van der Waals surface area contributed by atoms with Gasteiger partial charge in [0.1, 0.15) is 0 Å². The van der Waals surface area contributed by atoms with E-state index >= 15 is 0 Å². The molecule has 2 aromatic rings. The van der Waals surface area contributed by atoms with Gasteiger partial charge in [-0.25, -0.2) is 0 Å². The second-order valence-electron chi connectivity index (χ2n) is 4.45. The van der Waals surface area contributed by atoms with Crippen molar-refractivity contribution >= 4 is 0 Å². The minimum atomic E-state index is -0.0449. The number of nitrogens with zero attached hydrogens (tertiary/aromatic N) is 3. The van der Waals surface area contributed by atoms with E-state index in [9.17, 15) is 4.79 Å². The zero-order valence-corrected chi connectivity index (χ0v) is 9.59. The van der Waals surface area contributed by atoms with E-state index in [0.29, 0.717) is 11.7 Å². The van der Waals surface area contributed by atoms with Crippen molar-refractivity contribution in [2.75, 3.05) is 0 Å². The summed E-state index contributed by atoms with van der Waals surface area (Å²) >= 11 is 0. The molecular formula is C12H13N3O2. The van der Waals surface area contributed by atoms with Crippen molar-refractivity contribution in [3.05, 3.63) is 34.6 Å². The van der Waals surface area contributed by atoms with Gasteiger partial charge in [-0.15, -0.1) is 0 Å². The van der Waals surface area contributed by atoms with Crippen molar-refractivity contribution in [3.63, 3.8) is 0 Å². The SMILES string of the molecule is Cn1cc(-c2noc(C3CCC3)n2)ccc1=O. The van der Waals surface area contributed by atoms with Crippen LogP contribution in [0.4, 0.5) is 0 Å². The molecule has 0 saturated heterocycles. The summed E-state index contributed by atoms with van der Waals surface area (Å²) in [5.74, 6) is 1.71. The topological polar surface area (TPSA) is 60.9 Å². The Balaban J connectivity index is 1.94. The van der Waals surface area contributed by atoms with E-state index in [0.717, 1.165) is 24.3 Å². The average molecular weight is 231 g/mol. The zero-order valence-electron chi connectivity index (χ0n) is 9.59. The summed E-state index contributed by atoms with van der Waals surface area (Å²) in [5.41, 5.74) is 0.762. The second-order valence-corrected chi connectivity index (χ2v) is 4.45. The van der Waals surface area contributed by atoms with Crippen LogP contribution in [0.1, 0.15) is 31.1 Å². The molecule has 0 unspecified atom stereocenters. The van der Waals surface area contributed by atoms with E-state index < -0.39 is 0 Å². The van der Waals surface area contributed by atoms with Gasteiger partial charge in [-0.05, 0) is 18.9 Å². The van der Waals surface area contributed by atoms with Crippen LogP contribution in [0.25, 0.3) is 11.4 Å². The number of hydrogen-bond acceptors (Lipinski definition) is 4. The van der Waals surface area contributed by atoms with Crippen LogP contribution in [0.3, 0.4) is 0 Å². The number of aryl methyl sites for hydroxylation is 1.